The fraction of sp³-hybridized carbons (Fsp3) is 0.471. The first-order valence-electron chi connectivity index (χ1n) is 7.77. The highest BCUT2D eigenvalue weighted by molar-refractivity contribution is 5.14. The van der Waals surface area contributed by atoms with E-state index < -0.39 is 0 Å². The topological polar surface area (TPSA) is 33.1 Å². The number of likely N-dealkylation sites (tertiary alicyclic amines) is 1. The van der Waals surface area contributed by atoms with Crippen LogP contribution in [0.5, 0.6) is 0 Å². The summed E-state index contributed by atoms with van der Waals surface area (Å²) in [6.45, 7) is 4.24. The molecule has 1 saturated heterocycles. The standard InChI is InChI=1S/C17H24N4/c1-20-11-9-18-17(20)12-19-16-8-5-10-21(14-16)13-15-6-3-2-4-7-15/h2-4,6-7,9,11,16,19H,5,8,10,12-14H2,1H3. The number of hydrogen-bond donors (Lipinski definition) is 1. The molecule has 1 aromatic heterocycles. The van der Waals surface area contributed by atoms with Gasteiger partial charge in [-0.1, -0.05) is 30.3 Å². The van der Waals surface area contributed by atoms with Gasteiger partial charge in [-0.05, 0) is 24.9 Å². The smallest absolute Gasteiger partial charge is 0.122 e. The molecule has 0 saturated carbocycles. The van der Waals surface area contributed by atoms with Crippen LogP contribution in [0.2, 0.25) is 0 Å². The van der Waals surface area contributed by atoms with Gasteiger partial charge in [0.05, 0.1) is 6.54 Å². The van der Waals surface area contributed by atoms with Gasteiger partial charge in [-0.25, -0.2) is 4.98 Å². The van der Waals surface area contributed by atoms with Crippen molar-refractivity contribution in [3.05, 3.63) is 54.1 Å². The number of aryl methyl sites for hydroxylation is 1. The van der Waals surface area contributed by atoms with E-state index in [1.54, 1.807) is 0 Å². The first kappa shape index (κ1) is 14.3. The van der Waals surface area contributed by atoms with Crippen molar-refractivity contribution in [2.75, 3.05) is 13.1 Å². The molecule has 1 unspecified atom stereocenters. The first-order valence-corrected chi connectivity index (χ1v) is 7.77. The summed E-state index contributed by atoms with van der Waals surface area (Å²) in [4.78, 5) is 6.92. The fourth-order valence-corrected chi connectivity index (χ4v) is 3.01. The summed E-state index contributed by atoms with van der Waals surface area (Å²) in [5.74, 6) is 1.11. The van der Waals surface area contributed by atoms with Crippen LogP contribution in [-0.4, -0.2) is 33.6 Å². The largest absolute Gasteiger partial charge is 0.337 e. The van der Waals surface area contributed by atoms with Crippen molar-refractivity contribution >= 4 is 0 Å². The van der Waals surface area contributed by atoms with Crippen molar-refractivity contribution in [2.45, 2.75) is 32.0 Å². The maximum atomic E-state index is 4.37. The maximum Gasteiger partial charge on any atom is 0.122 e. The lowest BCUT2D eigenvalue weighted by Crippen LogP contribution is -2.45. The first-order chi connectivity index (χ1) is 10.3. The molecule has 0 radical (unpaired) electrons. The Morgan fingerprint density at radius 1 is 1.29 bits per heavy atom. The zero-order valence-corrected chi connectivity index (χ0v) is 12.7. The zero-order chi connectivity index (χ0) is 14.5. The third-order valence-corrected chi connectivity index (χ3v) is 4.22. The predicted octanol–water partition coefficient (Wildman–Crippen LogP) is 2.17. The van der Waals surface area contributed by atoms with E-state index in [0.29, 0.717) is 6.04 Å². The Morgan fingerprint density at radius 2 is 2.14 bits per heavy atom. The SMILES string of the molecule is Cn1ccnc1CNC1CCCN(Cc2ccccc2)C1. The normalized spacial score (nSPS) is 19.8. The molecule has 3 rings (SSSR count). The van der Waals surface area contributed by atoms with Gasteiger partial charge >= 0.3 is 0 Å². The molecular weight excluding hydrogens is 260 g/mol. The molecule has 1 aliphatic heterocycles. The van der Waals surface area contributed by atoms with Gasteiger partial charge in [0.2, 0.25) is 0 Å². The van der Waals surface area contributed by atoms with Gasteiger partial charge in [-0.2, -0.15) is 0 Å². The third-order valence-electron chi connectivity index (χ3n) is 4.22. The van der Waals surface area contributed by atoms with E-state index in [-0.39, 0.29) is 0 Å². The number of piperidine rings is 1. The number of rotatable bonds is 5. The van der Waals surface area contributed by atoms with Gasteiger partial charge < -0.3 is 9.88 Å². The van der Waals surface area contributed by atoms with Crippen LogP contribution in [0.15, 0.2) is 42.7 Å². The maximum absolute atomic E-state index is 4.37. The van der Waals surface area contributed by atoms with Crippen molar-refractivity contribution in [1.82, 2.24) is 19.8 Å². The number of imidazole rings is 1. The second kappa shape index (κ2) is 6.87. The zero-order valence-electron chi connectivity index (χ0n) is 12.7. The van der Waals surface area contributed by atoms with Crippen LogP contribution in [-0.2, 0) is 20.1 Å². The highest BCUT2D eigenvalue weighted by Crippen LogP contribution is 2.14. The minimum Gasteiger partial charge on any atom is -0.337 e. The molecule has 112 valence electrons. The molecule has 21 heavy (non-hydrogen) atoms. The molecular formula is C17H24N4. The van der Waals surface area contributed by atoms with Crippen molar-refractivity contribution in [1.29, 1.82) is 0 Å². The van der Waals surface area contributed by atoms with Gasteiger partial charge in [-0.15, -0.1) is 0 Å². The minimum absolute atomic E-state index is 0.569. The Hall–Kier alpha value is -1.65. The molecule has 1 N–H and O–H groups in total. The Kier molecular flexibility index (Phi) is 4.68. The van der Waals surface area contributed by atoms with Gasteiger partial charge in [0.1, 0.15) is 5.82 Å². The molecule has 1 atom stereocenters. The van der Waals surface area contributed by atoms with Gasteiger partial charge in [0, 0.05) is 38.6 Å². The number of hydrogen-bond acceptors (Lipinski definition) is 3. The van der Waals surface area contributed by atoms with Crippen molar-refractivity contribution in [3.8, 4) is 0 Å². The Balaban J connectivity index is 1.50. The third kappa shape index (κ3) is 3.93. The highest BCUT2D eigenvalue weighted by atomic mass is 15.2. The summed E-state index contributed by atoms with van der Waals surface area (Å²) in [6.07, 6.45) is 6.39. The Bertz CT molecular complexity index is 549. The minimum atomic E-state index is 0.569. The molecule has 0 bridgehead atoms. The van der Waals surface area contributed by atoms with Crippen molar-refractivity contribution < 1.29 is 0 Å². The summed E-state index contributed by atoms with van der Waals surface area (Å²) in [5, 5.41) is 3.66. The molecule has 1 aromatic carbocycles. The van der Waals surface area contributed by atoms with Crippen LogP contribution in [0.25, 0.3) is 0 Å². The monoisotopic (exact) mass is 284 g/mol. The molecule has 1 fully saturated rings. The predicted molar refractivity (Wildman–Crippen MR) is 84.8 cm³/mol. The summed E-state index contributed by atoms with van der Waals surface area (Å²) >= 11 is 0. The quantitative estimate of drug-likeness (QED) is 0.913. The Morgan fingerprint density at radius 3 is 2.90 bits per heavy atom. The van der Waals surface area contributed by atoms with E-state index >= 15 is 0 Å². The van der Waals surface area contributed by atoms with Gasteiger partial charge in [0.25, 0.3) is 0 Å². The summed E-state index contributed by atoms with van der Waals surface area (Å²) in [5.41, 5.74) is 1.40. The van der Waals surface area contributed by atoms with E-state index in [9.17, 15) is 0 Å². The summed E-state index contributed by atoms with van der Waals surface area (Å²) in [6, 6.07) is 11.3. The second-order valence-corrected chi connectivity index (χ2v) is 5.90. The number of nitrogens with one attached hydrogen (secondary N) is 1. The molecule has 2 aromatic rings. The molecule has 0 amide bonds. The van der Waals surface area contributed by atoms with Crippen LogP contribution in [0, 0.1) is 0 Å². The average molecular weight is 284 g/mol. The van der Waals surface area contributed by atoms with E-state index in [0.717, 1.165) is 25.5 Å². The van der Waals surface area contributed by atoms with Gasteiger partial charge in [-0.3, -0.25) is 4.90 Å². The van der Waals surface area contributed by atoms with E-state index in [1.165, 1.54) is 24.9 Å². The van der Waals surface area contributed by atoms with Crippen LogP contribution in [0.4, 0.5) is 0 Å². The molecule has 4 heteroatoms. The molecule has 4 nitrogen and oxygen atoms in total. The van der Waals surface area contributed by atoms with Crippen LogP contribution in [0.3, 0.4) is 0 Å². The van der Waals surface area contributed by atoms with Crippen LogP contribution >= 0.6 is 0 Å². The van der Waals surface area contributed by atoms with Gasteiger partial charge in [0.15, 0.2) is 0 Å². The fourth-order valence-electron chi connectivity index (χ4n) is 3.01. The van der Waals surface area contributed by atoms with Crippen molar-refractivity contribution in [2.24, 2.45) is 7.05 Å². The van der Waals surface area contributed by atoms with E-state index in [2.05, 4.69) is 50.1 Å². The lowest BCUT2D eigenvalue weighted by atomic mass is 10.0. The number of aromatic nitrogens is 2. The average Bonchev–Trinajstić information content (AvgIpc) is 2.92. The Labute approximate surface area is 126 Å². The van der Waals surface area contributed by atoms with Crippen LogP contribution < -0.4 is 5.32 Å². The van der Waals surface area contributed by atoms with E-state index in [1.807, 2.05) is 19.4 Å². The second-order valence-electron chi connectivity index (χ2n) is 5.90. The number of nitrogens with zero attached hydrogens (tertiary/aromatic N) is 3. The van der Waals surface area contributed by atoms with Crippen LogP contribution in [0.1, 0.15) is 24.2 Å². The van der Waals surface area contributed by atoms with E-state index in [4.69, 9.17) is 0 Å². The lowest BCUT2D eigenvalue weighted by Gasteiger charge is -2.33. The summed E-state index contributed by atoms with van der Waals surface area (Å²) in [7, 11) is 2.05. The van der Waals surface area contributed by atoms with Crippen molar-refractivity contribution in [3.63, 3.8) is 0 Å². The summed E-state index contributed by atoms with van der Waals surface area (Å²) < 4.78 is 2.08. The highest BCUT2D eigenvalue weighted by Gasteiger charge is 2.19. The number of benzene rings is 1. The lowest BCUT2D eigenvalue weighted by molar-refractivity contribution is 0.182. The molecule has 0 spiro atoms. The molecule has 1 aliphatic rings. The molecule has 0 aliphatic carbocycles. The molecule has 2 heterocycles.